The molecule has 3 heterocycles. The molecule has 1 saturated carbocycles. The molecular formula is C14H19N5. The van der Waals surface area contributed by atoms with Crippen LogP contribution >= 0.6 is 0 Å². The van der Waals surface area contributed by atoms with Crippen LogP contribution in [0.15, 0.2) is 17.8 Å². The van der Waals surface area contributed by atoms with Gasteiger partial charge in [-0.15, -0.1) is 0 Å². The molecule has 1 aromatic rings. The highest BCUT2D eigenvalue weighted by atomic mass is 15.3. The smallest absolute Gasteiger partial charge is 0.222 e. The first-order valence-electron chi connectivity index (χ1n) is 6.99. The van der Waals surface area contributed by atoms with Crippen molar-refractivity contribution in [3.8, 4) is 0 Å². The van der Waals surface area contributed by atoms with Crippen molar-refractivity contribution < 1.29 is 0 Å². The number of nitrogens with two attached hydrogens (primary N) is 1. The molecule has 0 aromatic carbocycles. The van der Waals surface area contributed by atoms with Crippen LogP contribution in [0, 0.1) is 5.92 Å². The quantitative estimate of drug-likeness (QED) is 0.862. The Morgan fingerprint density at radius 2 is 2.05 bits per heavy atom. The lowest BCUT2D eigenvalue weighted by Gasteiger charge is -2.19. The molecule has 3 aliphatic rings. The molecular weight excluding hydrogens is 238 g/mol. The Bertz CT molecular complexity index is 549. The van der Waals surface area contributed by atoms with Gasteiger partial charge in [0.05, 0.1) is 5.69 Å². The van der Waals surface area contributed by atoms with Gasteiger partial charge in [0.1, 0.15) is 5.82 Å². The molecule has 5 nitrogen and oxygen atoms in total. The highest BCUT2D eigenvalue weighted by Gasteiger charge is 2.34. The summed E-state index contributed by atoms with van der Waals surface area (Å²) in [6.07, 6.45) is 4.76. The summed E-state index contributed by atoms with van der Waals surface area (Å²) in [4.78, 5) is 13.4. The molecule has 4 rings (SSSR count). The Kier molecular flexibility index (Phi) is 2.25. The number of rotatable bonds is 2. The second-order valence-electron chi connectivity index (χ2n) is 6.00. The first kappa shape index (κ1) is 11.1. The van der Waals surface area contributed by atoms with E-state index in [4.69, 9.17) is 5.73 Å². The van der Waals surface area contributed by atoms with Gasteiger partial charge in [-0.2, -0.15) is 4.98 Å². The third-order valence-electron chi connectivity index (χ3n) is 4.30. The molecule has 0 amide bonds. The monoisotopic (exact) mass is 257 g/mol. The molecule has 5 heteroatoms. The Morgan fingerprint density at radius 3 is 2.79 bits per heavy atom. The maximum atomic E-state index is 5.86. The van der Waals surface area contributed by atoms with E-state index in [0.29, 0.717) is 17.8 Å². The molecule has 1 aliphatic carbocycles. The average molecular weight is 257 g/mol. The van der Waals surface area contributed by atoms with Crippen molar-refractivity contribution >= 4 is 11.8 Å². The van der Waals surface area contributed by atoms with E-state index < -0.39 is 0 Å². The number of nitrogens with zero attached hydrogens (tertiary/aromatic N) is 4. The lowest BCUT2D eigenvalue weighted by Crippen LogP contribution is -2.25. The Hall–Kier alpha value is -1.78. The third-order valence-corrected chi connectivity index (χ3v) is 4.30. The van der Waals surface area contributed by atoms with Crippen molar-refractivity contribution in [1.29, 1.82) is 0 Å². The van der Waals surface area contributed by atoms with Gasteiger partial charge in [-0.05, 0) is 18.4 Å². The molecule has 2 N–H and O–H groups in total. The first-order chi connectivity index (χ1) is 9.19. The van der Waals surface area contributed by atoms with Gasteiger partial charge < -0.3 is 15.5 Å². The molecule has 1 atom stereocenters. The minimum Gasteiger partial charge on any atom is -0.380 e. The molecule has 0 radical (unpaired) electrons. The second-order valence-corrected chi connectivity index (χ2v) is 6.00. The van der Waals surface area contributed by atoms with Crippen molar-refractivity contribution in [3.05, 3.63) is 23.5 Å². The lowest BCUT2D eigenvalue weighted by atomic mass is 10.1. The van der Waals surface area contributed by atoms with E-state index in [9.17, 15) is 0 Å². The van der Waals surface area contributed by atoms with Crippen LogP contribution in [0.2, 0.25) is 0 Å². The normalized spacial score (nSPS) is 25.7. The molecule has 0 bridgehead atoms. The molecule has 2 fully saturated rings. The fourth-order valence-corrected chi connectivity index (χ4v) is 3.20. The van der Waals surface area contributed by atoms with Gasteiger partial charge in [-0.3, -0.25) is 0 Å². The van der Waals surface area contributed by atoms with Crippen molar-refractivity contribution in [2.75, 3.05) is 37.3 Å². The summed E-state index contributed by atoms with van der Waals surface area (Å²) in [5.41, 5.74) is 8.51. The van der Waals surface area contributed by atoms with Crippen LogP contribution in [-0.4, -0.2) is 41.5 Å². The zero-order valence-electron chi connectivity index (χ0n) is 11.2. The Balaban J connectivity index is 1.61. The molecule has 1 saturated heterocycles. The minimum atomic E-state index is 0.419. The summed E-state index contributed by atoms with van der Waals surface area (Å²) in [5.74, 6) is 2.71. The second kappa shape index (κ2) is 3.85. The van der Waals surface area contributed by atoms with Crippen molar-refractivity contribution in [2.24, 2.45) is 5.92 Å². The number of fused-ring (bicyclic) bond motifs is 1. The summed E-state index contributed by atoms with van der Waals surface area (Å²) in [6.45, 7) is 3.16. The molecule has 2 aliphatic heterocycles. The van der Waals surface area contributed by atoms with Gasteiger partial charge in [0.15, 0.2) is 0 Å². The minimum absolute atomic E-state index is 0.419. The summed E-state index contributed by atoms with van der Waals surface area (Å²) >= 11 is 0. The summed E-state index contributed by atoms with van der Waals surface area (Å²) < 4.78 is 0. The molecule has 0 spiro atoms. The van der Waals surface area contributed by atoms with Crippen molar-refractivity contribution in [3.63, 3.8) is 0 Å². The molecule has 19 heavy (non-hydrogen) atoms. The Labute approximate surface area is 113 Å². The maximum Gasteiger partial charge on any atom is 0.222 e. The fraction of sp³-hybridized carbons (Fsp3) is 0.571. The van der Waals surface area contributed by atoms with Crippen LogP contribution < -0.4 is 10.6 Å². The standard InChI is InChI=1S/C14H19N5/c1-18-5-10-7-19(8-11(10)6-18)13-4-12(9-2-3-9)16-14(15)17-13/h4-5,9,11H,2-3,6-8H2,1H3,(H2,15,16,17). The zero-order valence-corrected chi connectivity index (χ0v) is 11.2. The van der Waals surface area contributed by atoms with Crippen LogP contribution in [0.4, 0.5) is 11.8 Å². The Morgan fingerprint density at radius 1 is 1.21 bits per heavy atom. The van der Waals surface area contributed by atoms with Crippen LogP contribution in [0.5, 0.6) is 0 Å². The SMILES string of the molecule is CN1C=C2CN(c3cc(C4CC4)nc(N)n3)CC2C1. The number of anilines is 2. The average Bonchev–Trinajstić information content (AvgIpc) is 3.05. The van der Waals surface area contributed by atoms with E-state index in [1.165, 1.54) is 18.4 Å². The fourth-order valence-electron chi connectivity index (χ4n) is 3.20. The summed E-state index contributed by atoms with van der Waals surface area (Å²) in [5, 5.41) is 0. The van der Waals surface area contributed by atoms with E-state index >= 15 is 0 Å². The van der Waals surface area contributed by atoms with Crippen LogP contribution in [0.1, 0.15) is 24.5 Å². The third kappa shape index (κ3) is 1.93. The van der Waals surface area contributed by atoms with Crippen molar-refractivity contribution in [2.45, 2.75) is 18.8 Å². The number of hydrogen-bond donors (Lipinski definition) is 1. The van der Waals surface area contributed by atoms with E-state index in [0.717, 1.165) is 31.1 Å². The molecule has 1 unspecified atom stereocenters. The van der Waals surface area contributed by atoms with Gasteiger partial charge in [-0.25, -0.2) is 4.98 Å². The maximum absolute atomic E-state index is 5.86. The van der Waals surface area contributed by atoms with E-state index in [1.54, 1.807) is 0 Å². The van der Waals surface area contributed by atoms with Crippen LogP contribution in [0.3, 0.4) is 0 Å². The number of aromatic nitrogens is 2. The molecule has 1 aromatic heterocycles. The van der Waals surface area contributed by atoms with Crippen molar-refractivity contribution in [1.82, 2.24) is 14.9 Å². The number of hydrogen-bond acceptors (Lipinski definition) is 5. The highest BCUT2D eigenvalue weighted by molar-refractivity contribution is 5.49. The summed E-state index contributed by atoms with van der Waals surface area (Å²) in [6, 6.07) is 2.14. The number of nitrogen functional groups attached to an aromatic ring is 1. The van der Waals surface area contributed by atoms with Gasteiger partial charge >= 0.3 is 0 Å². The van der Waals surface area contributed by atoms with Crippen LogP contribution in [-0.2, 0) is 0 Å². The van der Waals surface area contributed by atoms with Crippen LogP contribution in [0.25, 0.3) is 0 Å². The lowest BCUT2D eigenvalue weighted by molar-refractivity contribution is 0.442. The van der Waals surface area contributed by atoms with Gasteiger partial charge in [0, 0.05) is 50.8 Å². The largest absolute Gasteiger partial charge is 0.380 e. The van der Waals surface area contributed by atoms with E-state index in [-0.39, 0.29) is 0 Å². The topological polar surface area (TPSA) is 58.3 Å². The first-order valence-corrected chi connectivity index (χ1v) is 6.99. The van der Waals surface area contributed by atoms with E-state index in [1.807, 2.05) is 0 Å². The predicted molar refractivity (Wildman–Crippen MR) is 74.8 cm³/mol. The predicted octanol–water partition coefficient (Wildman–Crippen LogP) is 1.20. The molecule has 100 valence electrons. The van der Waals surface area contributed by atoms with Gasteiger partial charge in [0.2, 0.25) is 5.95 Å². The van der Waals surface area contributed by atoms with E-state index in [2.05, 4.69) is 39.1 Å². The highest BCUT2D eigenvalue weighted by Crippen LogP contribution is 2.40. The van der Waals surface area contributed by atoms with Gasteiger partial charge in [-0.1, -0.05) is 0 Å². The van der Waals surface area contributed by atoms with Gasteiger partial charge in [0.25, 0.3) is 0 Å². The zero-order chi connectivity index (χ0) is 13.0. The summed E-state index contributed by atoms with van der Waals surface area (Å²) in [7, 11) is 2.14.